The van der Waals surface area contributed by atoms with Crippen LogP contribution < -0.4 is 16.2 Å². The Kier molecular flexibility index (Phi) is 7.11. The summed E-state index contributed by atoms with van der Waals surface area (Å²) in [5.74, 6) is -0.226. The van der Waals surface area contributed by atoms with Crippen molar-refractivity contribution in [3.8, 4) is 5.75 Å². The number of hydrogen-bond donors (Lipinski definition) is 2. The van der Waals surface area contributed by atoms with Gasteiger partial charge in [0.2, 0.25) is 5.96 Å². The van der Waals surface area contributed by atoms with Crippen molar-refractivity contribution < 1.29 is 22.6 Å². The van der Waals surface area contributed by atoms with E-state index in [2.05, 4.69) is 14.7 Å². The lowest BCUT2D eigenvalue weighted by atomic mass is 10.3. The minimum Gasteiger partial charge on any atom is -0.406 e. The molecular weight excluding hydrogens is 351 g/mol. The smallest absolute Gasteiger partial charge is 0.406 e. The molecule has 11 heteroatoms. The topological polar surface area (TPSA) is 98.5 Å². The zero-order chi connectivity index (χ0) is 16.9. The van der Waals surface area contributed by atoms with Gasteiger partial charge < -0.3 is 25.8 Å². The van der Waals surface area contributed by atoms with Crippen LogP contribution in [0.1, 0.15) is 0 Å². The van der Waals surface area contributed by atoms with E-state index in [1.165, 1.54) is 12.1 Å². The van der Waals surface area contributed by atoms with Crippen LogP contribution in [0.2, 0.25) is 0 Å². The third kappa shape index (κ3) is 6.50. The van der Waals surface area contributed by atoms with Gasteiger partial charge in [0.1, 0.15) is 5.75 Å². The quantitative estimate of drug-likeness (QED) is 0.611. The molecule has 0 aliphatic carbocycles. The SMILES string of the molecule is Cl.NC(=Nc1ccc(OC(F)(F)F)cc1)/N=C(/N)N1CCOCC1. The summed E-state index contributed by atoms with van der Waals surface area (Å²) in [7, 11) is 0. The predicted molar refractivity (Wildman–Crippen MR) is 85.7 cm³/mol. The van der Waals surface area contributed by atoms with E-state index in [1.54, 1.807) is 4.90 Å². The minimum atomic E-state index is -4.74. The highest BCUT2D eigenvalue weighted by Gasteiger charge is 2.30. The first-order chi connectivity index (χ1) is 10.8. The van der Waals surface area contributed by atoms with Crippen LogP contribution in [-0.4, -0.2) is 49.5 Å². The maximum absolute atomic E-state index is 12.1. The molecule has 0 amide bonds. The Morgan fingerprint density at radius 3 is 2.25 bits per heavy atom. The third-order valence-corrected chi connectivity index (χ3v) is 2.88. The Morgan fingerprint density at radius 1 is 1.12 bits per heavy atom. The Labute approximate surface area is 142 Å². The lowest BCUT2D eigenvalue weighted by Crippen LogP contribution is -2.45. The molecule has 0 radical (unpaired) electrons. The molecule has 1 saturated heterocycles. The van der Waals surface area contributed by atoms with E-state index in [9.17, 15) is 13.2 Å². The first kappa shape index (κ1) is 19.8. The van der Waals surface area contributed by atoms with Crippen molar-refractivity contribution in [1.29, 1.82) is 0 Å². The average molecular weight is 368 g/mol. The number of aliphatic imine (C=N–C) groups is 2. The highest BCUT2D eigenvalue weighted by molar-refractivity contribution is 5.94. The Hall–Kier alpha value is -2.20. The lowest BCUT2D eigenvalue weighted by molar-refractivity contribution is -0.274. The third-order valence-electron chi connectivity index (χ3n) is 2.88. The molecule has 1 fully saturated rings. The van der Waals surface area contributed by atoms with Gasteiger partial charge in [-0.25, -0.2) is 4.99 Å². The number of morpholine rings is 1. The molecule has 1 aliphatic rings. The molecule has 1 aromatic carbocycles. The summed E-state index contributed by atoms with van der Waals surface area (Å²) in [4.78, 5) is 9.72. The maximum Gasteiger partial charge on any atom is 0.573 e. The summed E-state index contributed by atoms with van der Waals surface area (Å²) in [5, 5.41) is 0. The van der Waals surface area contributed by atoms with E-state index >= 15 is 0 Å². The van der Waals surface area contributed by atoms with E-state index < -0.39 is 6.36 Å². The number of nitrogens with zero attached hydrogens (tertiary/aromatic N) is 3. The fourth-order valence-corrected chi connectivity index (χ4v) is 1.86. The van der Waals surface area contributed by atoms with E-state index in [1.807, 2.05) is 0 Å². The van der Waals surface area contributed by atoms with Crippen molar-refractivity contribution >= 4 is 30.0 Å². The number of hydrogen-bond acceptors (Lipinski definition) is 3. The fourth-order valence-electron chi connectivity index (χ4n) is 1.86. The summed E-state index contributed by atoms with van der Waals surface area (Å²) in [6, 6.07) is 4.92. The molecule has 1 heterocycles. The van der Waals surface area contributed by atoms with Gasteiger partial charge in [-0.05, 0) is 24.3 Å². The molecule has 0 atom stereocenters. The minimum absolute atomic E-state index is 0. The molecule has 1 aliphatic heterocycles. The van der Waals surface area contributed by atoms with Gasteiger partial charge in [-0.1, -0.05) is 0 Å². The summed E-state index contributed by atoms with van der Waals surface area (Å²) in [6.45, 7) is 2.31. The molecule has 0 bridgehead atoms. The number of guanidine groups is 2. The summed E-state index contributed by atoms with van der Waals surface area (Å²) >= 11 is 0. The van der Waals surface area contributed by atoms with Gasteiger partial charge in [0.25, 0.3) is 0 Å². The van der Waals surface area contributed by atoms with Crippen molar-refractivity contribution in [3.05, 3.63) is 24.3 Å². The summed E-state index contributed by atoms with van der Waals surface area (Å²) < 4.78 is 45.1. The predicted octanol–water partition coefficient (Wildman–Crippen LogP) is 1.60. The van der Waals surface area contributed by atoms with Gasteiger partial charge >= 0.3 is 6.36 Å². The largest absolute Gasteiger partial charge is 0.573 e. The maximum atomic E-state index is 12.1. The van der Waals surface area contributed by atoms with Crippen molar-refractivity contribution in [3.63, 3.8) is 0 Å². The van der Waals surface area contributed by atoms with Gasteiger partial charge in [0, 0.05) is 13.1 Å². The van der Waals surface area contributed by atoms with Crippen LogP contribution in [0.3, 0.4) is 0 Å². The van der Waals surface area contributed by atoms with Crippen molar-refractivity contribution in [2.45, 2.75) is 6.36 Å². The zero-order valence-electron chi connectivity index (χ0n) is 12.5. The van der Waals surface area contributed by atoms with Crippen LogP contribution in [0.25, 0.3) is 0 Å². The molecular formula is C13H17ClF3N5O2. The average Bonchev–Trinajstić information content (AvgIpc) is 2.48. The number of nitrogens with two attached hydrogens (primary N) is 2. The van der Waals surface area contributed by atoms with E-state index in [0.29, 0.717) is 32.0 Å². The first-order valence-electron chi connectivity index (χ1n) is 6.70. The normalized spacial score (nSPS) is 16.5. The number of rotatable bonds is 2. The molecule has 0 saturated carbocycles. The van der Waals surface area contributed by atoms with Gasteiger partial charge in [0.15, 0.2) is 5.96 Å². The number of halogens is 4. The second-order valence-electron chi connectivity index (χ2n) is 4.58. The van der Waals surface area contributed by atoms with Gasteiger partial charge in [-0.15, -0.1) is 25.6 Å². The highest BCUT2D eigenvalue weighted by Crippen LogP contribution is 2.24. The molecule has 0 spiro atoms. The molecule has 4 N–H and O–H groups in total. The van der Waals surface area contributed by atoms with Crippen LogP contribution in [0.15, 0.2) is 34.3 Å². The molecule has 134 valence electrons. The second kappa shape index (κ2) is 8.60. The molecule has 1 aromatic rings. The zero-order valence-corrected chi connectivity index (χ0v) is 13.3. The molecule has 7 nitrogen and oxygen atoms in total. The van der Waals surface area contributed by atoms with Crippen molar-refractivity contribution in [2.75, 3.05) is 26.3 Å². The number of benzene rings is 1. The van der Waals surface area contributed by atoms with E-state index in [-0.39, 0.29) is 30.1 Å². The van der Waals surface area contributed by atoms with Gasteiger partial charge in [-0.2, -0.15) is 4.99 Å². The standard InChI is InChI=1S/C13H16F3N5O2.ClH/c14-13(15,16)23-10-3-1-9(2-4-10)19-11(17)20-12(18)21-5-7-22-8-6-21;/h1-4H,5-8H2,(H4,17,18,19,20);1H. The van der Waals surface area contributed by atoms with Crippen LogP contribution >= 0.6 is 12.4 Å². The fraction of sp³-hybridized carbons (Fsp3) is 0.385. The Balaban J connectivity index is 0.00000288. The summed E-state index contributed by atoms with van der Waals surface area (Å²) in [5.41, 5.74) is 11.8. The van der Waals surface area contributed by atoms with Crippen LogP contribution in [0.4, 0.5) is 18.9 Å². The summed E-state index contributed by atoms with van der Waals surface area (Å²) in [6.07, 6.45) is -4.74. The van der Waals surface area contributed by atoms with Crippen LogP contribution in [-0.2, 0) is 4.74 Å². The van der Waals surface area contributed by atoms with Gasteiger partial charge in [0.05, 0.1) is 18.9 Å². The highest BCUT2D eigenvalue weighted by atomic mass is 35.5. The molecule has 0 aromatic heterocycles. The van der Waals surface area contributed by atoms with Crippen molar-refractivity contribution in [2.24, 2.45) is 21.5 Å². The van der Waals surface area contributed by atoms with E-state index in [0.717, 1.165) is 12.1 Å². The molecule has 2 rings (SSSR count). The number of alkyl halides is 3. The number of ether oxygens (including phenoxy) is 2. The van der Waals surface area contributed by atoms with Crippen LogP contribution in [0.5, 0.6) is 5.75 Å². The van der Waals surface area contributed by atoms with Crippen LogP contribution in [0, 0.1) is 0 Å². The Morgan fingerprint density at radius 2 is 1.71 bits per heavy atom. The second-order valence-corrected chi connectivity index (χ2v) is 4.58. The van der Waals surface area contributed by atoms with E-state index in [4.69, 9.17) is 16.2 Å². The molecule has 24 heavy (non-hydrogen) atoms. The van der Waals surface area contributed by atoms with Crippen molar-refractivity contribution in [1.82, 2.24) is 4.90 Å². The van der Waals surface area contributed by atoms with Gasteiger partial charge in [-0.3, -0.25) is 0 Å². The molecule has 0 unspecified atom stereocenters. The monoisotopic (exact) mass is 367 g/mol. The Bertz CT molecular complexity index is 586. The first-order valence-corrected chi connectivity index (χ1v) is 6.70. The lowest BCUT2D eigenvalue weighted by Gasteiger charge is -2.27.